The zero-order chi connectivity index (χ0) is 26.5. The minimum absolute atomic E-state index is 0.238. The average Bonchev–Trinajstić information content (AvgIpc) is 2.93. The molecule has 0 radical (unpaired) electrons. The van der Waals surface area contributed by atoms with Crippen molar-refractivity contribution in [2.45, 2.75) is 61.9 Å². The van der Waals surface area contributed by atoms with Crippen LogP contribution in [0.15, 0.2) is 53.4 Å². The minimum Gasteiger partial charge on any atom is -0.338 e. The van der Waals surface area contributed by atoms with Crippen molar-refractivity contribution in [1.82, 2.24) is 14.5 Å². The van der Waals surface area contributed by atoms with E-state index < -0.39 is 21.6 Å². The fraction of sp³-hybridized carbons (Fsp3) is 0.500. The number of nitrogens with two attached hydrogens (primary N) is 1. The maximum absolute atomic E-state index is 13.0. The van der Waals surface area contributed by atoms with Crippen molar-refractivity contribution < 1.29 is 13.2 Å². The molecular weight excluding hydrogens is 486 g/mol. The number of amides is 1. The van der Waals surface area contributed by atoms with Crippen molar-refractivity contribution in [3.63, 3.8) is 0 Å². The largest absolute Gasteiger partial charge is 0.338 e. The van der Waals surface area contributed by atoms with Crippen LogP contribution in [0.5, 0.6) is 0 Å². The van der Waals surface area contributed by atoms with Gasteiger partial charge in [-0.2, -0.15) is 9.57 Å². The molecule has 0 spiro atoms. The summed E-state index contributed by atoms with van der Waals surface area (Å²) in [5.41, 5.74) is 8.22. The Labute approximate surface area is 220 Å². The van der Waals surface area contributed by atoms with Crippen molar-refractivity contribution in [3.8, 4) is 17.2 Å². The molecule has 1 aliphatic carbocycles. The topological polar surface area (TPSA) is 120 Å². The van der Waals surface area contributed by atoms with Crippen LogP contribution >= 0.6 is 0 Å². The molecule has 2 aromatic carbocycles. The molecule has 3 N–H and O–H groups in total. The highest BCUT2D eigenvalue weighted by molar-refractivity contribution is 7.89. The molecule has 198 valence electrons. The first-order valence-corrected chi connectivity index (χ1v) is 14.6. The second-order valence-electron chi connectivity index (χ2n) is 10.1. The standard InChI is InChI=1S/C28H37N5O3S/c1-2-32-16-18-33(19-17-32)37(35,36)26-12-10-24(11-13-26)23-8-6-22(7-9-23)20-25(21-29)31-27(34)28(30)14-4-3-5-15-28/h6-13,25H,2-5,14-20,30H2,1H3,(H,31,34)/t25-/m1/s1. The maximum atomic E-state index is 13.0. The summed E-state index contributed by atoms with van der Waals surface area (Å²) >= 11 is 0. The monoisotopic (exact) mass is 523 g/mol. The van der Waals surface area contributed by atoms with Crippen molar-refractivity contribution >= 4 is 15.9 Å². The fourth-order valence-corrected chi connectivity index (χ4v) is 6.59. The lowest BCUT2D eigenvalue weighted by atomic mass is 9.81. The number of nitriles is 1. The third kappa shape index (κ3) is 6.39. The second-order valence-corrected chi connectivity index (χ2v) is 12.1. The average molecular weight is 524 g/mol. The zero-order valence-electron chi connectivity index (χ0n) is 21.5. The van der Waals surface area contributed by atoms with E-state index in [-0.39, 0.29) is 5.91 Å². The van der Waals surface area contributed by atoms with Crippen LogP contribution in [-0.4, -0.2) is 67.8 Å². The number of nitrogens with one attached hydrogen (secondary N) is 1. The third-order valence-electron chi connectivity index (χ3n) is 7.66. The second kappa shape index (κ2) is 11.7. The van der Waals surface area contributed by atoms with Crippen LogP contribution in [0.1, 0.15) is 44.6 Å². The molecular formula is C28H37N5O3S. The maximum Gasteiger partial charge on any atom is 0.243 e. The quantitative estimate of drug-likeness (QED) is 0.549. The predicted octanol–water partition coefficient (Wildman–Crippen LogP) is 2.89. The first-order valence-electron chi connectivity index (χ1n) is 13.2. The van der Waals surface area contributed by atoms with E-state index in [1.54, 1.807) is 16.4 Å². The molecule has 37 heavy (non-hydrogen) atoms. The van der Waals surface area contributed by atoms with Gasteiger partial charge < -0.3 is 16.0 Å². The summed E-state index contributed by atoms with van der Waals surface area (Å²) in [6, 6.07) is 16.3. The summed E-state index contributed by atoms with van der Waals surface area (Å²) < 4.78 is 27.7. The molecule has 1 amide bonds. The Morgan fingerprint density at radius 1 is 1.00 bits per heavy atom. The van der Waals surface area contributed by atoms with E-state index >= 15 is 0 Å². The number of carbonyl (C=O) groups is 1. The fourth-order valence-electron chi connectivity index (χ4n) is 5.16. The molecule has 0 bridgehead atoms. The minimum atomic E-state index is -3.51. The lowest BCUT2D eigenvalue weighted by Gasteiger charge is -2.33. The Hall–Kier alpha value is -2.77. The molecule has 9 heteroatoms. The lowest BCUT2D eigenvalue weighted by Crippen LogP contribution is -2.57. The Morgan fingerprint density at radius 3 is 2.11 bits per heavy atom. The van der Waals surface area contributed by atoms with Gasteiger partial charge in [0, 0.05) is 32.6 Å². The van der Waals surface area contributed by atoms with E-state index in [1.807, 2.05) is 36.4 Å². The molecule has 1 aliphatic heterocycles. The molecule has 0 unspecified atom stereocenters. The van der Waals surface area contributed by atoms with Gasteiger partial charge in [0.2, 0.25) is 15.9 Å². The van der Waals surface area contributed by atoms with E-state index in [1.165, 1.54) is 0 Å². The van der Waals surface area contributed by atoms with E-state index in [2.05, 4.69) is 23.2 Å². The van der Waals surface area contributed by atoms with Crippen LogP contribution in [0.4, 0.5) is 0 Å². The summed E-state index contributed by atoms with van der Waals surface area (Å²) in [7, 11) is -3.51. The summed E-state index contributed by atoms with van der Waals surface area (Å²) in [5.74, 6) is -0.238. The van der Waals surface area contributed by atoms with E-state index in [0.29, 0.717) is 37.2 Å². The van der Waals surface area contributed by atoms with Gasteiger partial charge in [0.25, 0.3) is 0 Å². The molecule has 2 fully saturated rings. The molecule has 0 aromatic heterocycles. The molecule has 4 rings (SSSR count). The van der Waals surface area contributed by atoms with Gasteiger partial charge in [-0.15, -0.1) is 0 Å². The van der Waals surface area contributed by atoms with Crippen LogP contribution in [0.25, 0.3) is 11.1 Å². The molecule has 1 atom stereocenters. The van der Waals surface area contributed by atoms with Gasteiger partial charge in [-0.05, 0) is 48.2 Å². The smallest absolute Gasteiger partial charge is 0.243 e. The van der Waals surface area contributed by atoms with E-state index in [9.17, 15) is 18.5 Å². The molecule has 2 aromatic rings. The zero-order valence-corrected chi connectivity index (χ0v) is 22.3. The van der Waals surface area contributed by atoms with Gasteiger partial charge >= 0.3 is 0 Å². The normalized spacial score (nSPS) is 19.6. The number of benzene rings is 2. The number of carbonyl (C=O) groups excluding carboxylic acids is 1. The van der Waals surface area contributed by atoms with Crippen LogP contribution in [0, 0.1) is 11.3 Å². The first-order chi connectivity index (χ1) is 17.7. The number of hydrogen-bond acceptors (Lipinski definition) is 6. The van der Waals surface area contributed by atoms with Crippen molar-refractivity contribution in [1.29, 1.82) is 5.26 Å². The highest BCUT2D eigenvalue weighted by atomic mass is 32.2. The van der Waals surface area contributed by atoms with E-state index in [0.717, 1.165) is 55.6 Å². The van der Waals surface area contributed by atoms with Gasteiger partial charge in [0.15, 0.2) is 0 Å². The Morgan fingerprint density at radius 2 is 1.57 bits per heavy atom. The third-order valence-corrected chi connectivity index (χ3v) is 9.57. The molecule has 1 heterocycles. The highest BCUT2D eigenvalue weighted by Crippen LogP contribution is 2.27. The number of hydrogen-bond donors (Lipinski definition) is 2. The first kappa shape index (κ1) is 27.3. The Kier molecular flexibility index (Phi) is 8.65. The highest BCUT2D eigenvalue weighted by Gasteiger charge is 2.36. The molecule has 1 saturated heterocycles. The number of piperazine rings is 1. The van der Waals surface area contributed by atoms with Gasteiger partial charge in [-0.3, -0.25) is 4.79 Å². The van der Waals surface area contributed by atoms with Crippen molar-refractivity contribution in [2.24, 2.45) is 5.73 Å². The van der Waals surface area contributed by atoms with Crippen molar-refractivity contribution in [2.75, 3.05) is 32.7 Å². The Balaban J connectivity index is 1.37. The summed E-state index contributed by atoms with van der Waals surface area (Å²) in [5, 5.41) is 12.4. The van der Waals surface area contributed by atoms with Gasteiger partial charge in [0.05, 0.1) is 16.5 Å². The van der Waals surface area contributed by atoms with E-state index in [4.69, 9.17) is 5.73 Å². The van der Waals surface area contributed by atoms with Crippen LogP contribution in [-0.2, 0) is 21.2 Å². The van der Waals surface area contributed by atoms with Gasteiger partial charge in [0.1, 0.15) is 6.04 Å². The van der Waals surface area contributed by atoms with Gasteiger partial charge in [-0.1, -0.05) is 62.6 Å². The summed E-state index contributed by atoms with van der Waals surface area (Å²) in [6.45, 7) is 5.54. The number of likely N-dealkylation sites (N-methyl/N-ethyl adjacent to an activating group) is 1. The van der Waals surface area contributed by atoms with Crippen LogP contribution < -0.4 is 11.1 Å². The molecule has 2 aliphatic rings. The molecule has 1 saturated carbocycles. The Bertz CT molecular complexity index is 1210. The number of nitrogens with zero attached hydrogens (tertiary/aromatic N) is 3. The van der Waals surface area contributed by atoms with Crippen LogP contribution in [0.2, 0.25) is 0 Å². The summed E-state index contributed by atoms with van der Waals surface area (Å²) in [4.78, 5) is 15.3. The predicted molar refractivity (Wildman–Crippen MR) is 144 cm³/mol. The SMILES string of the molecule is CCN1CCN(S(=O)(=O)c2ccc(-c3ccc(C[C@H](C#N)NC(=O)C4(N)CCCCC4)cc3)cc2)CC1. The van der Waals surface area contributed by atoms with Gasteiger partial charge in [-0.25, -0.2) is 8.42 Å². The molecule has 8 nitrogen and oxygen atoms in total. The lowest BCUT2D eigenvalue weighted by molar-refractivity contribution is -0.127. The van der Waals surface area contributed by atoms with Crippen LogP contribution in [0.3, 0.4) is 0 Å². The summed E-state index contributed by atoms with van der Waals surface area (Å²) in [6.07, 6.45) is 4.66. The number of rotatable bonds is 8. The van der Waals surface area contributed by atoms with Crippen molar-refractivity contribution in [3.05, 3.63) is 54.1 Å². The number of sulfonamides is 1.